The van der Waals surface area contributed by atoms with E-state index in [9.17, 15) is 4.79 Å². The highest BCUT2D eigenvalue weighted by Crippen LogP contribution is 2.32. The monoisotopic (exact) mass is 361 g/mol. The number of nitrogens with zero attached hydrogens (tertiary/aromatic N) is 1. The number of carbonyl (C=O) groups is 1. The van der Waals surface area contributed by atoms with Gasteiger partial charge >= 0.3 is 0 Å². The molecule has 0 spiro atoms. The first-order valence-corrected chi connectivity index (χ1v) is 9.78. The van der Waals surface area contributed by atoms with Crippen LogP contribution >= 0.6 is 0 Å². The Morgan fingerprint density at radius 1 is 1.19 bits per heavy atom. The van der Waals surface area contributed by atoms with Gasteiger partial charge in [-0.05, 0) is 43.9 Å². The Bertz CT molecular complexity index is 594. The van der Waals surface area contributed by atoms with E-state index < -0.39 is 0 Å². The average Bonchev–Trinajstić information content (AvgIpc) is 3.21. The van der Waals surface area contributed by atoms with Crippen LogP contribution in [0.2, 0.25) is 0 Å². The summed E-state index contributed by atoms with van der Waals surface area (Å²) >= 11 is 0. The Hall–Kier alpha value is -1.79. The van der Waals surface area contributed by atoms with Gasteiger partial charge in [0, 0.05) is 37.8 Å². The van der Waals surface area contributed by atoms with Gasteiger partial charge in [0.25, 0.3) is 5.91 Å². The molecule has 0 unspecified atom stereocenters. The number of carbonyl (C=O) groups excluding carboxylic acids is 1. The summed E-state index contributed by atoms with van der Waals surface area (Å²) in [6.07, 6.45) is 7.75. The van der Waals surface area contributed by atoms with Crippen LogP contribution in [0.4, 0.5) is 0 Å². The summed E-state index contributed by atoms with van der Waals surface area (Å²) in [5, 5.41) is 2.77. The van der Waals surface area contributed by atoms with Crippen molar-refractivity contribution < 1.29 is 14.3 Å². The minimum absolute atomic E-state index is 0.148. The van der Waals surface area contributed by atoms with Gasteiger partial charge in [0.15, 0.2) is 11.5 Å². The SMILES string of the molecule is COc1cc(C(=O)NCCN)ccc1OC1CCN(C2CCCC2)CC1. The van der Waals surface area contributed by atoms with Crippen molar-refractivity contribution in [3.8, 4) is 11.5 Å². The number of rotatable bonds is 7. The molecule has 1 amide bonds. The number of piperidine rings is 1. The maximum atomic E-state index is 12.1. The van der Waals surface area contributed by atoms with E-state index in [4.69, 9.17) is 15.2 Å². The Kier molecular flexibility index (Phi) is 6.74. The Morgan fingerprint density at radius 2 is 1.92 bits per heavy atom. The number of nitrogens with two attached hydrogens (primary N) is 1. The van der Waals surface area contributed by atoms with Crippen LogP contribution < -0.4 is 20.5 Å². The van der Waals surface area contributed by atoms with E-state index in [1.165, 1.54) is 25.7 Å². The molecular formula is C20H31N3O3. The van der Waals surface area contributed by atoms with Crippen LogP contribution in [-0.2, 0) is 0 Å². The molecule has 3 N–H and O–H groups in total. The molecule has 1 heterocycles. The Labute approximate surface area is 156 Å². The predicted molar refractivity (Wildman–Crippen MR) is 102 cm³/mol. The number of nitrogens with one attached hydrogen (secondary N) is 1. The van der Waals surface area contributed by atoms with Gasteiger partial charge < -0.3 is 25.4 Å². The van der Waals surface area contributed by atoms with Gasteiger partial charge in [-0.3, -0.25) is 4.79 Å². The highest BCUT2D eigenvalue weighted by atomic mass is 16.5. The van der Waals surface area contributed by atoms with Crippen LogP contribution in [-0.4, -0.2) is 56.2 Å². The van der Waals surface area contributed by atoms with E-state index in [0.717, 1.165) is 32.0 Å². The van der Waals surface area contributed by atoms with Crippen LogP contribution in [0.3, 0.4) is 0 Å². The topological polar surface area (TPSA) is 76.8 Å². The molecule has 144 valence electrons. The minimum atomic E-state index is -0.148. The second-order valence-corrected chi connectivity index (χ2v) is 7.20. The Morgan fingerprint density at radius 3 is 2.58 bits per heavy atom. The van der Waals surface area contributed by atoms with E-state index in [0.29, 0.717) is 30.2 Å². The van der Waals surface area contributed by atoms with Crippen LogP contribution in [0.25, 0.3) is 0 Å². The van der Waals surface area contributed by atoms with Gasteiger partial charge in [-0.25, -0.2) is 0 Å². The van der Waals surface area contributed by atoms with Crippen molar-refractivity contribution in [3.63, 3.8) is 0 Å². The first-order chi connectivity index (χ1) is 12.7. The largest absolute Gasteiger partial charge is 0.493 e. The summed E-state index contributed by atoms with van der Waals surface area (Å²) in [4.78, 5) is 14.7. The summed E-state index contributed by atoms with van der Waals surface area (Å²) in [7, 11) is 1.60. The van der Waals surface area contributed by atoms with Gasteiger partial charge in [-0.2, -0.15) is 0 Å². The number of ether oxygens (including phenoxy) is 2. The molecule has 2 aliphatic rings. The molecule has 1 aliphatic heterocycles. The third kappa shape index (κ3) is 4.68. The molecule has 0 bridgehead atoms. The minimum Gasteiger partial charge on any atom is -0.493 e. The molecular weight excluding hydrogens is 330 g/mol. The molecule has 0 atom stereocenters. The number of likely N-dealkylation sites (tertiary alicyclic amines) is 1. The molecule has 0 radical (unpaired) electrons. The third-order valence-electron chi connectivity index (χ3n) is 5.47. The third-order valence-corrected chi connectivity index (χ3v) is 5.47. The summed E-state index contributed by atoms with van der Waals surface area (Å²) < 4.78 is 11.6. The van der Waals surface area contributed by atoms with Crippen molar-refractivity contribution in [2.75, 3.05) is 33.3 Å². The highest BCUT2D eigenvalue weighted by molar-refractivity contribution is 5.94. The molecule has 6 heteroatoms. The van der Waals surface area contributed by atoms with Gasteiger partial charge in [-0.1, -0.05) is 12.8 Å². The van der Waals surface area contributed by atoms with Gasteiger partial charge in [0.1, 0.15) is 6.10 Å². The lowest BCUT2D eigenvalue weighted by Crippen LogP contribution is -2.43. The van der Waals surface area contributed by atoms with Gasteiger partial charge in [0.2, 0.25) is 0 Å². The zero-order chi connectivity index (χ0) is 18.4. The zero-order valence-electron chi connectivity index (χ0n) is 15.7. The maximum Gasteiger partial charge on any atom is 0.251 e. The number of hydrogen-bond acceptors (Lipinski definition) is 5. The molecule has 2 fully saturated rings. The van der Waals surface area contributed by atoms with Gasteiger partial charge in [-0.15, -0.1) is 0 Å². The molecule has 6 nitrogen and oxygen atoms in total. The second kappa shape index (κ2) is 9.24. The Balaban J connectivity index is 1.56. The number of amides is 1. The fourth-order valence-corrected chi connectivity index (χ4v) is 4.00. The fourth-order valence-electron chi connectivity index (χ4n) is 4.00. The van der Waals surface area contributed by atoms with Crippen LogP contribution in [0.1, 0.15) is 48.9 Å². The van der Waals surface area contributed by atoms with Crippen molar-refractivity contribution in [3.05, 3.63) is 23.8 Å². The van der Waals surface area contributed by atoms with E-state index >= 15 is 0 Å². The predicted octanol–water partition coefficient (Wildman–Crippen LogP) is 2.17. The highest BCUT2D eigenvalue weighted by Gasteiger charge is 2.28. The zero-order valence-corrected chi connectivity index (χ0v) is 15.7. The first kappa shape index (κ1) is 19.0. The first-order valence-electron chi connectivity index (χ1n) is 9.78. The van der Waals surface area contributed by atoms with E-state index in [-0.39, 0.29) is 12.0 Å². The van der Waals surface area contributed by atoms with Crippen molar-refractivity contribution in [1.29, 1.82) is 0 Å². The van der Waals surface area contributed by atoms with Crippen LogP contribution in [0.15, 0.2) is 18.2 Å². The summed E-state index contributed by atoms with van der Waals surface area (Å²) in [5.74, 6) is 1.16. The maximum absolute atomic E-state index is 12.1. The molecule has 26 heavy (non-hydrogen) atoms. The summed E-state index contributed by atoms with van der Waals surface area (Å²) in [6, 6.07) is 6.13. The van der Waals surface area contributed by atoms with Crippen molar-refractivity contribution in [1.82, 2.24) is 10.2 Å². The molecule has 1 saturated heterocycles. The fraction of sp³-hybridized carbons (Fsp3) is 0.650. The lowest BCUT2D eigenvalue weighted by atomic mass is 10.0. The average molecular weight is 361 g/mol. The lowest BCUT2D eigenvalue weighted by molar-refractivity contribution is 0.0750. The summed E-state index contributed by atoms with van der Waals surface area (Å²) in [5.41, 5.74) is 5.98. The van der Waals surface area contributed by atoms with Crippen molar-refractivity contribution in [2.24, 2.45) is 5.73 Å². The molecule has 1 saturated carbocycles. The standard InChI is InChI=1S/C20H31N3O3/c1-25-19-14-15(20(24)22-11-10-21)6-7-18(19)26-17-8-12-23(13-9-17)16-4-2-3-5-16/h6-7,14,16-17H,2-5,8-13,21H2,1H3,(H,22,24). The molecule has 1 aromatic carbocycles. The van der Waals surface area contributed by atoms with Gasteiger partial charge in [0.05, 0.1) is 7.11 Å². The normalized spacial score (nSPS) is 19.5. The molecule has 0 aromatic heterocycles. The van der Waals surface area contributed by atoms with E-state index in [1.807, 2.05) is 6.07 Å². The molecule has 1 aromatic rings. The summed E-state index contributed by atoms with van der Waals surface area (Å²) in [6.45, 7) is 3.09. The van der Waals surface area contributed by atoms with E-state index in [2.05, 4.69) is 10.2 Å². The molecule has 3 rings (SSSR count). The second-order valence-electron chi connectivity index (χ2n) is 7.20. The van der Waals surface area contributed by atoms with Crippen molar-refractivity contribution >= 4 is 5.91 Å². The molecule has 1 aliphatic carbocycles. The van der Waals surface area contributed by atoms with Crippen molar-refractivity contribution in [2.45, 2.75) is 50.7 Å². The van der Waals surface area contributed by atoms with Crippen LogP contribution in [0, 0.1) is 0 Å². The van der Waals surface area contributed by atoms with E-state index in [1.54, 1.807) is 19.2 Å². The smallest absolute Gasteiger partial charge is 0.251 e. The number of benzene rings is 1. The number of hydrogen-bond donors (Lipinski definition) is 2. The number of methoxy groups -OCH3 is 1. The lowest BCUT2D eigenvalue weighted by Gasteiger charge is -2.36. The van der Waals surface area contributed by atoms with Crippen LogP contribution in [0.5, 0.6) is 11.5 Å². The quantitative estimate of drug-likeness (QED) is 0.778.